The molecule has 1 saturated heterocycles. The van der Waals surface area contributed by atoms with Crippen molar-refractivity contribution >= 4 is 40.2 Å². The summed E-state index contributed by atoms with van der Waals surface area (Å²) in [5.41, 5.74) is 0.471. The molecule has 0 aromatic carbocycles. The van der Waals surface area contributed by atoms with E-state index in [1.807, 2.05) is 19.1 Å². The summed E-state index contributed by atoms with van der Waals surface area (Å²) in [4.78, 5) is 17.7. The van der Waals surface area contributed by atoms with Crippen LogP contribution >= 0.6 is 34.3 Å². The zero-order chi connectivity index (χ0) is 16.2. The van der Waals surface area contributed by atoms with E-state index in [4.69, 9.17) is 16.3 Å². The van der Waals surface area contributed by atoms with Crippen LogP contribution in [-0.4, -0.2) is 29.6 Å². The van der Waals surface area contributed by atoms with E-state index >= 15 is 0 Å². The van der Waals surface area contributed by atoms with Crippen LogP contribution in [0.5, 0.6) is 0 Å². The van der Waals surface area contributed by atoms with Gasteiger partial charge in [0, 0.05) is 18.0 Å². The molecule has 1 fully saturated rings. The first-order chi connectivity index (χ1) is 11.1. The number of halogens is 1. The highest BCUT2D eigenvalue weighted by molar-refractivity contribution is 7.23. The Morgan fingerprint density at radius 1 is 1.57 bits per heavy atom. The molecule has 0 saturated carbocycles. The number of carbonyl (C=O) groups is 1. The van der Waals surface area contributed by atoms with Gasteiger partial charge in [-0.15, -0.1) is 22.7 Å². The van der Waals surface area contributed by atoms with E-state index in [-0.39, 0.29) is 11.9 Å². The second-order valence-electron chi connectivity index (χ2n) is 5.73. The van der Waals surface area contributed by atoms with E-state index in [9.17, 15) is 4.79 Å². The number of nitrogens with zero attached hydrogens (tertiary/aromatic N) is 1. The summed E-state index contributed by atoms with van der Waals surface area (Å²) in [7, 11) is 0. The van der Waals surface area contributed by atoms with Crippen molar-refractivity contribution < 1.29 is 9.53 Å². The van der Waals surface area contributed by atoms with Crippen LogP contribution < -0.4 is 5.32 Å². The van der Waals surface area contributed by atoms with Gasteiger partial charge in [-0.2, -0.15) is 0 Å². The fraction of sp³-hybridized carbons (Fsp3) is 0.500. The van der Waals surface area contributed by atoms with Gasteiger partial charge in [-0.3, -0.25) is 4.79 Å². The lowest BCUT2D eigenvalue weighted by Gasteiger charge is -2.15. The van der Waals surface area contributed by atoms with Crippen LogP contribution in [0.25, 0.3) is 9.88 Å². The van der Waals surface area contributed by atoms with Gasteiger partial charge < -0.3 is 10.1 Å². The summed E-state index contributed by atoms with van der Waals surface area (Å²) in [6.07, 6.45) is 4.58. The van der Waals surface area contributed by atoms with Crippen molar-refractivity contribution in [1.29, 1.82) is 0 Å². The lowest BCUT2D eigenvalue weighted by Crippen LogP contribution is -2.33. The molecule has 3 rings (SSSR count). The molecule has 1 aliphatic rings. The Balaban J connectivity index is 1.52. The van der Waals surface area contributed by atoms with E-state index in [0.29, 0.717) is 11.8 Å². The molecule has 1 amide bonds. The number of aromatic nitrogens is 1. The number of nitrogens with one attached hydrogen (secondary N) is 1. The van der Waals surface area contributed by atoms with E-state index in [0.717, 1.165) is 46.5 Å². The third kappa shape index (κ3) is 4.53. The molecule has 2 aromatic heterocycles. The second-order valence-corrected chi connectivity index (χ2v) is 8.30. The highest BCUT2D eigenvalue weighted by Crippen LogP contribution is 2.32. The Bertz CT molecular complexity index is 665. The van der Waals surface area contributed by atoms with Gasteiger partial charge in [-0.1, -0.05) is 11.6 Å². The van der Waals surface area contributed by atoms with Crippen LogP contribution in [0.2, 0.25) is 4.34 Å². The molecule has 0 spiro atoms. The smallest absolute Gasteiger partial charge is 0.270 e. The van der Waals surface area contributed by atoms with Crippen LogP contribution in [0.15, 0.2) is 17.5 Å². The SMILES string of the molecule is CC(CCC1CCCO1)NC(=O)c1csc(-c2ccc(Cl)s2)n1. The quantitative estimate of drug-likeness (QED) is 0.808. The van der Waals surface area contributed by atoms with Crippen molar-refractivity contribution in [1.82, 2.24) is 10.3 Å². The molecule has 124 valence electrons. The number of thiophene rings is 1. The molecule has 2 unspecified atom stereocenters. The number of hydrogen-bond acceptors (Lipinski definition) is 5. The molecule has 0 radical (unpaired) electrons. The average Bonchev–Trinajstić information content (AvgIpc) is 3.26. The summed E-state index contributed by atoms with van der Waals surface area (Å²) >= 11 is 8.88. The molecule has 4 nitrogen and oxygen atoms in total. The van der Waals surface area contributed by atoms with Gasteiger partial charge in [0.15, 0.2) is 0 Å². The predicted molar refractivity (Wildman–Crippen MR) is 95.6 cm³/mol. The fourth-order valence-electron chi connectivity index (χ4n) is 2.60. The lowest BCUT2D eigenvalue weighted by atomic mass is 10.1. The number of ether oxygens (including phenoxy) is 1. The Kier molecular flexibility index (Phi) is 5.69. The number of hydrogen-bond donors (Lipinski definition) is 1. The number of amides is 1. The Labute approximate surface area is 148 Å². The first-order valence-electron chi connectivity index (χ1n) is 7.75. The molecule has 23 heavy (non-hydrogen) atoms. The molecule has 2 aromatic rings. The summed E-state index contributed by atoms with van der Waals surface area (Å²) in [6.45, 7) is 2.90. The molecular formula is C16H19ClN2O2S2. The topological polar surface area (TPSA) is 51.2 Å². The Morgan fingerprint density at radius 2 is 2.43 bits per heavy atom. The lowest BCUT2D eigenvalue weighted by molar-refractivity contribution is 0.0896. The molecule has 1 aliphatic heterocycles. The van der Waals surface area contributed by atoms with Crippen LogP contribution in [-0.2, 0) is 4.74 Å². The first-order valence-corrected chi connectivity index (χ1v) is 9.83. The minimum Gasteiger partial charge on any atom is -0.378 e. The molecular weight excluding hydrogens is 352 g/mol. The average molecular weight is 371 g/mol. The minimum atomic E-state index is -0.116. The van der Waals surface area contributed by atoms with Gasteiger partial charge >= 0.3 is 0 Å². The van der Waals surface area contributed by atoms with Gasteiger partial charge in [0.05, 0.1) is 15.3 Å². The highest BCUT2D eigenvalue weighted by atomic mass is 35.5. The predicted octanol–water partition coefficient (Wildman–Crippen LogP) is 4.60. The van der Waals surface area contributed by atoms with Crippen molar-refractivity contribution in [2.75, 3.05) is 6.61 Å². The van der Waals surface area contributed by atoms with E-state index < -0.39 is 0 Å². The van der Waals surface area contributed by atoms with Gasteiger partial charge in [-0.05, 0) is 44.7 Å². The maximum Gasteiger partial charge on any atom is 0.270 e. The van der Waals surface area contributed by atoms with Crippen molar-refractivity contribution in [2.45, 2.75) is 44.8 Å². The second kappa shape index (κ2) is 7.75. The van der Waals surface area contributed by atoms with Crippen LogP contribution in [0, 0.1) is 0 Å². The highest BCUT2D eigenvalue weighted by Gasteiger charge is 2.18. The first kappa shape index (κ1) is 16.9. The zero-order valence-corrected chi connectivity index (χ0v) is 15.3. The summed E-state index contributed by atoms with van der Waals surface area (Å²) in [5.74, 6) is -0.116. The fourth-order valence-corrected chi connectivity index (χ4v) is 4.51. The summed E-state index contributed by atoms with van der Waals surface area (Å²) in [5, 5.41) is 5.65. The normalized spacial score (nSPS) is 19.0. The molecule has 0 bridgehead atoms. The van der Waals surface area contributed by atoms with E-state index in [2.05, 4.69) is 10.3 Å². The number of thiazole rings is 1. The van der Waals surface area contributed by atoms with E-state index in [1.54, 1.807) is 5.38 Å². The standard InChI is InChI=1S/C16H19ClN2O2S2/c1-10(4-5-11-3-2-8-21-11)18-15(20)12-9-22-16(19-12)13-6-7-14(17)23-13/h6-7,9-11H,2-5,8H2,1H3,(H,18,20). The molecule has 1 N–H and O–H groups in total. The van der Waals surface area contributed by atoms with Crippen LogP contribution in [0.1, 0.15) is 43.1 Å². The minimum absolute atomic E-state index is 0.116. The molecule has 0 aliphatic carbocycles. The largest absolute Gasteiger partial charge is 0.378 e. The van der Waals surface area contributed by atoms with Gasteiger partial charge in [0.2, 0.25) is 0 Å². The van der Waals surface area contributed by atoms with Crippen molar-refractivity contribution in [3.63, 3.8) is 0 Å². The molecule has 2 atom stereocenters. The Hall–Kier alpha value is -0.950. The zero-order valence-electron chi connectivity index (χ0n) is 12.9. The number of carbonyl (C=O) groups excluding carboxylic acids is 1. The van der Waals surface area contributed by atoms with Crippen LogP contribution in [0.4, 0.5) is 0 Å². The van der Waals surface area contributed by atoms with Crippen molar-refractivity contribution in [3.8, 4) is 9.88 Å². The van der Waals surface area contributed by atoms with Gasteiger partial charge in [0.1, 0.15) is 10.7 Å². The third-order valence-electron chi connectivity index (χ3n) is 3.84. The van der Waals surface area contributed by atoms with Crippen molar-refractivity contribution in [3.05, 3.63) is 27.5 Å². The number of rotatable bonds is 6. The third-order valence-corrected chi connectivity index (χ3v) is 6.09. The maximum atomic E-state index is 12.3. The van der Waals surface area contributed by atoms with Gasteiger partial charge in [-0.25, -0.2) is 4.98 Å². The molecule has 7 heteroatoms. The van der Waals surface area contributed by atoms with Gasteiger partial charge in [0.25, 0.3) is 5.91 Å². The maximum absolute atomic E-state index is 12.3. The molecule has 3 heterocycles. The monoisotopic (exact) mass is 370 g/mol. The van der Waals surface area contributed by atoms with E-state index in [1.165, 1.54) is 22.7 Å². The van der Waals surface area contributed by atoms with Crippen molar-refractivity contribution in [2.24, 2.45) is 0 Å². The summed E-state index contributed by atoms with van der Waals surface area (Å²) in [6, 6.07) is 3.89. The summed E-state index contributed by atoms with van der Waals surface area (Å²) < 4.78 is 6.34. The van der Waals surface area contributed by atoms with Crippen LogP contribution in [0.3, 0.4) is 0 Å². The Morgan fingerprint density at radius 3 is 3.13 bits per heavy atom.